The van der Waals surface area contributed by atoms with Gasteiger partial charge in [-0.1, -0.05) is 31.9 Å². The summed E-state index contributed by atoms with van der Waals surface area (Å²) >= 11 is 13.3. The average molecular weight is 408 g/mol. The molecule has 5 heteroatoms. The monoisotopic (exact) mass is 406 g/mol. The summed E-state index contributed by atoms with van der Waals surface area (Å²) in [5, 5.41) is -0.502. The van der Waals surface area contributed by atoms with E-state index in [1.54, 1.807) is 13.2 Å². The number of ether oxygens (including phenoxy) is 1. The van der Waals surface area contributed by atoms with Crippen molar-refractivity contribution in [2.24, 2.45) is 0 Å². The Kier molecular flexibility index (Phi) is 4.87. The molecule has 2 aromatic carbocycles. The molecule has 19 heavy (non-hydrogen) atoms. The second-order valence-electron chi connectivity index (χ2n) is 3.91. The van der Waals surface area contributed by atoms with Crippen molar-refractivity contribution in [2.75, 3.05) is 7.11 Å². The minimum Gasteiger partial charge on any atom is -0.496 e. The zero-order chi connectivity index (χ0) is 14.0. The van der Waals surface area contributed by atoms with Gasteiger partial charge in [-0.25, -0.2) is 4.39 Å². The van der Waals surface area contributed by atoms with Crippen LogP contribution in [0.5, 0.6) is 5.75 Å². The summed E-state index contributed by atoms with van der Waals surface area (Å²) in [4.78, 5) is 0. The van der Waals surface area contributed by atoms with Crippen LogP contribution in [0.15, 0.2) is 45.3 Å². The van der Waals surface area contributed by atoms with E-state index in [1.807, 2.05) is 18.2 Å². The molecule has 0 saturated carbocycles. The van der Waals surface area contributed by atoms with E-state index in [1.165, 1.54) is 12.1 Å². The smallest absolute Gasteiger partial charge is 0.123 e. The Bertz CT molecular complexity index is 604. The van der Waals surface area contributed by atoms with E-state index in [-0.39, 0.29) is 5.82 Å². The molecule has 2 rings (SSSR count). The van der Waals surface area contributed by atoms with Gasteiger partial charge >= 0.3 is 0 Å². The minimum absolute atomic E-state index is 0.321. The molecule has 2 aromatic rings. The molecule has 1 unspecified atom stereocenters. The first-order chi connectivity index (χ1) is 9.02. The van der Waals surface area contributed by atoms with Crippen LogP contribution in [-0.4, -0.2) is 7.11 Å². The first kappa shape index (κ1) is 14.8. The summed E-state index contributed by atoms with van der Waals surface area (Å²) in [6.45, 7) is 0. The molecule has 0 bridgehead atoms. The molecule has 0 aromatic heterocycles. The van der Waals surface area contributed by atoms with Crippen LogP contribution in [0, 0.1) is 5.82 Å². The van der Waals surface area contributed by atoms with Crippen molar-refractivity contribution in [2.45, 2.75) is 5.38 Å². The molecule has 0 radical (unpaired) electrons. The number of benzene rings is 2. The molecule has 1 nitrogen and oxygen atoms in total. The third kappa shape index (κ3) is 3.30. The maximum Gasteiger partial charge on any atom is 0.123 e. The lowest BCUT2D eigenvalue weighted by Crippen LogP contribution is -1.99. The van der Waals surface area contributed by atoms with Gasteiger partial charge in [0.1, 0.15) is 11.6 Å². The molecule has 100 valence electrons. The molecule has 0 saturated heterocycles. The van der Waals surface area contributed by atoms with Gasteiger partial charge in [-0.2, -0.15) is 0 Å². The lowest BCUT2D eigenvalue weighted by molar-refractivity contribution is 0.410. The Hall–Kier alpha value is -0.580. The van der Waals surface area contributed by atoms with E-state index in [2.05, 4.69) is 31.9 Å². The van der Waals surface area contributed by atoms with Crippen LogP contribution in [-0.2, 0) is 0 Å². The third-order valence-electron chi connectivity index (χ3n) is 2.70. The largest absolute Gasteiger partial charge is 0.496 e. The van der Waals surface area contributed by atoms with Crippen LogP contribution in [0.2, 0.25) is 0 Å². The Labute approximate surface area is 133 Å². The van der Waals surface area contributed by atoms with Gasteiger partial charge < -0.3 is 4.74 Å². The zero-order valence-corrected chi connectivity index (χ0v) is 13.9. The van der Waals surface area contributed by atoms with Gasteiger partial charge in [0.2, 0.25) is 0 Å². The highest BCUT2D eigenvalue weighted by Crippen LogP contribution is 2.39. The predicted octanol–water partition coefficient (Wildman–Crippen LogP) is 5.69. The molecule has 0 heterocycles. The first-order valence-electron chi connectivity index (χ1n) is 5.45. The van der Waals surface area contributed by atoms with Gasteiger partial charge in [-0.15, -0.1) is 11.6 Å². The number of alkyl halides is 1. The molecule has 0 aliphatic heterocycles. The second-order valence-corrected chi connectivity index (χ2v) is 6.12. The van der Waals surface area contributed by atoms with Crippen molar-refractivity contribution < 1.29 is 9.13 Å². The fourth-order valence-electron chi connectivity index (χ4n) is 1.78. The highest BCUT2D eigenvalue weighted by Gasteiger charge is 2.19. The number of methoxy groups -OCH3 is 1. The van der Waals surface area contributed by atoms with Crippen LogP contribution in [0.1, 0.15) is 16.5 Å². The molecule has 0 aliphatic carbocycles. The molecule has 0 spiro atoms. The Morgan fingerprint density at radius 2 is 1.84 bits per heavy atom. The molecule has 0 N–H and O–H groups in total. The van der Waals surface area contributed by atoms with Crippen LogP contribution < -0.4 is 4.74 Å². The summed E-state index contributed by atoms with van der Waals surface area (Å²) in [7, 11) is 1.58. The Morgan fingerprint density at radius 1 is 1.11 bits per heavy atom. The van der Waals surface area contributed by atoms with Crippen molar-refractivity contribution in [3.63, 3.8) is 0 Å². The normalized spacial score (nSPS) is 12.3. The molecular formula is C14H10Br2ClFO. The van der Waals surface area contributed by atoms with E-state index in [9.17, 15) is 4.39 Å². The minimum atomic E-state index is -0.502. The summed E-state index contributed by atoms with van der Waals surface area (Å²) < 4.78 is 20.3. The van der Waals surface area contributed by atoms with Crippen molar-refractivity contribution in [1.29, 1.82) is 0 Å². The number of hydrogen-bond acceptors (Lipinski definition) is 1. The second kappa shape index (κ2) is 6.25. The fraction of sp³-hybridized carbons (Fsp3) is 0.143. The van der Waals surface area contributed by atoms with Gasteiger partial charge in [-0.05, 0) is 42.0 Å². The molecule has 0 aliphatic rings. The molecule has 1 atom stereocenters. The van der Waals surface area contributed by atoms with E-state index < -0.39 is 5.38 Å². The lowest BCUT2D eigenvalue weighted by atomic mass is 10.0. The highest BCUT2D eigenvalue weighted by atomic mass is 79.9. The highest BCUT2D eigenvalue weighted by molar-refractivity contribution is 9.10. The van der Waals surface area contributed by atoms with E-state index in [4.69, 9.17) is 16.3 Å². The van der Waals surface area contributed by atoms with Crippen molar-refractivity contribution in [3.8, 4) is 5.75 Å². The van der Waals surface area contributed by atoms with Gasteiger partial charge in [-0.3, -0.25) is 0 Å². The van der Waals surface area contributed by atoms with Crippen LogP contribution in [0.3, 0.4) is 0 Å². The van der Waals surface area contributed by atoms with Gasteiger partial charge in [0.05, 0.1) is 12.5 Å². The first-order valence-corrected chi connectivity index (χ1v) is 7.47. The van der Waals surface area contributed by atoms with E-state index >= 15 is 0 Å². The van der Waals surface area contributed by atoms with Crippen molar-refractivity contribution in [3.05, 3.63) is 62.3 Å². The maximum absolute atomic E-state index is 13.4. The average Bonchev–Trinajstić information content (AvgIpc) is 2.40. The molecule has 0 amide bonds. The summed E-state index contributed by atoms with van der Waals surface area (Å²) in [6.07, 6.45) is 0. The molecule has 0 fully saturated rings. The number of hydrogen-bond donors (Lipinski definition) is 0. The third-order valence-corrected chi connectivity index (χ3v) is 4.38. The lowest BCUT2D eigenvalue weighted by Gasteiger charge is -2.16. The van der Waals surface area contributed by atoms with Crippen molar-refractivity contribution >= 4 is 43.5 Å². The maximum atomic E-state index is 13.4. The summed E-state index contributed by atoms with van der Waals surface area (Å²) in [5.41, 5.74) is 1.45. The topological polar surface area (TPSA) is 9.23 Å². The van der Waals surface area contributed by atoms with Crippen LogP contribution in [0.25, 0.3) is 0 Å². The standard InChI is InChI=1S/C14H10Br2ClFO/c1-19-13-5-2-8(15)6-11(13)14(17)10-7-9(18)3-4-12(10)16/h2-7,14H,1H3. The Morgan fingerprint density at radius 3 is 2.53 bits per heavy atom. The Balaban J connectivity index is 2.51. The predicted molar refractivity (Wildman–Crippen MR) is 82.5 cm³/mol. The van der Waals surface area contributed by atoms with E-state index in [0.29, 0.717) is 11.3 Å². The van der Waals surface area contributed by atoms with Gasteiger partial charge in [0, 0.05) is 14.5 Å². The fourth-order valence-corrected chi connectivity index (χ4v) is 3.12. The van der Waals surface area contributed by atoms with Gasteiger partial charge in [0.15, 0.2) is 0 Å². The van der Waals surface area contributed by atoms with Crippen molar-refractivity contribution in [1.82, 2.24) is 0 Å². The molecular weight excluding hydrogens is 398 g/mol. The summed E-state index contributed by atoms with van der Waals surface area (Å²) in [5.74, 6) is 0.345. The SMILES string of the molecule is COc1ccc(Br)cc1C(Cl)c1cc(F)ccc1Br. The number of halogens is 4. The quantitative estimate of drug-likeness (QED) is 0.593. The number of rotatable bonds is 3. The van der Waals surface area contributed by atoms with Crippen LogP contribution >= 0.6 is 43.5 Å². The van der Waals surface area contributed by atoms with E-state index in [0.717, 1.165) is 14.5 Å². The van der Waals surface area contributed by atoms with Crippen LogP contribution in [0.4, 0.5) is 4.39 Å². The van der Waals surface area contributed by atoms with Gasteiger partial charge in [0.25, 0.3) is 0 Å². The zero-order valence-electron chi connectivity index (χ0n) is 9.96. The summed E-state index contributed by atoms with van der Waals surface area (Å²) in [6, 6.07) is 10.0.